The van der Waals surface area contributed by atoms with Crippen molar-refractivity contribution < 1.29 is 18.9 Å². The second-order valence-electron chi connectivity index (χ2n) is 5.18. The molecule has 0 aliphatic carbocycles. The topological polar surface area (TPSA) is 36.9 Å². The van der Waals surface area contributed by atoms with E-state index in [1.807, 2.05) is 27.7 Å². The minimum atomic E-state index is -0.0749. The smallest absolute Gasteiger partial charge is 0.157 e. The number of rotatable bonds is 4. The SMILES string of the molecule is CC.CC.CCCC1OCC2(CO1)COC(CCC)OC2. The molecule has 2 aliphatic rings. The van der Waals surface area contributed by atoms with Gasteiger partial charge >= 0.3 is 0 Å². The average molecular weight is 304 g/mol. The molecule has 2 fully saturated rings. The van der Waals surface area contributed by atoms with Crippen LogP contribution >= 0.6 is 0 Å². The zero-order valence-electron chi connectivity index (χ0n) is 14.9. The van der Waals surface area contributed by atoms with E-state index in [9.17, 15) is 0 Å². The van der Waals surface area contributed by atoms with Crippen LogP contribution in [0.15, 0.2) is 0 Å². The summed E-state index contributed by atoms with van der Waals surface area (Å²) in [6, 6.07) is 0. The van der Waals surface area contributed by atoms with Gasteiger partial charge in [-0.1, -0.05) is 54.4 Å². The van der Waals surface area contributed by atoms with Crippen molar-refractivity contribution in [2.75, 3.05) is 26.4 Å². The molecule has 128 valence electrons. The molecule has 0 radical (unpaired) electrons. The Balaban J connectivity index is 0.000000921. The third-order valence-electron chi connectivity index (χ3n) is 3.35. The summed E-state index contributed by atoms with van der Waals surface area (Å²) in [4.78, 5) is 0. The Morgan fingerprint density at radius 1 is 0.667 bits per heavy atom. The maximum absolute atomic E-state index is 5.72. The summed E-state index contributed by atoms with van der Waals surface area (Å²) in [5.41, 5.74) is -0.0749. The molecule has 0 aromatic carbocycles. The van der Waals surface area contributed by atoms with E-state index in [2.05, 4.69) is 13.8 Å². The van der Waals surface area contributed by atoms with Crippen LogP contribution in [0.4, 0.5) is 0 Å². The molecule has 0 bridgehead atoms. The summed E-state index contributed by atoms with van der Waals surface area (Å²) < 4.78 is 22.9. The lowest BCUT2D eigenvalue weighted by Gasteiger charge is -2.43. The minimum absolute atomic E-state index is 0.0287. The second-order valence-corrected chi connectivity index (χ2v) is 5.18. The van der Waals surface area contributed by atoms with E-state index in [1.54, 1.807) is 0 Å². The van der Waals surface area contributed by atoms with Crippen molar-refractivity contribution in [3.63, 3.8) is 0 Å². The molecular weight excluding hydrogens is 268 g/mol. The summed E-state index contributed by atoms with van der Waals surface area (Å²) in [6.07, 6.45) is 4.05. The van der Waals surface area contributed by atoms with E-state index < -0.39 is 0 Å². The lowest BCUT2D eigenvalue weighted by molar-refractivity contribution is -0.303. The summed E-state index contributed by atoms with van der Waals surface area (Å²) in [5, 5.41) is 0. The van der Waals surface area contributed by atoms with Crippen LogP contribution in [-0.4, -0.2) is 39.0 Å². The summed E-state index contributed by atoms with van der Waals surface area (Å²) >= 11 is 0. The van der Waals surface area contributed by atoms with Gasteiger partial charge in [-0.3, -0.25) is 0 Å². The van der Waals surface area contributed by atoms with Crippen molar-refractivity contribution >= 4 is 0 Å². The first-order valence-electron chi connectivity index (χ1n) is 8.74. The molecule has 2 saturated heterocycles. The number of hydrogen-bond acceptors (Lipinski definition) is 4. The van der Waals surface area contributed by atoms with Crippen LogP contribution in [0.3, 0.4) is 0 Å². The largest absolute Gasteiger partial charge is 0.352 e. The fraction of sp³-hybridized carbons (Fsp3) is 1.00. The number of hydrogen-bond donors (Lipinski definition) is 0. The molecule has 4 heteroatoms. The highest BCUT2D eigenvalue weighted by Crippen LogP contribution is 2.31. The van der Waals surface area contributed by atoms with Crippen LogP contribution in [0, 0.1) is 5.41 Å². The summed E-state index contributed by atoms with van der Waals surface area (Å²) in [5.74, 6) is 0. The van der Waals surface area contributed by atoms with E-state index in [0.717, 1.165) is 25.7 Å². The van der Waals surface area contributed by atoms with Gasteiger partial charge in [-0.05, 0) is 12.8 Å². The van der Waals surface area contributed by atoms with E-state index in [-0.39, 0.29) is 18.0 Å². The summed E-state index contributed by atoms with van der Waals surface area (Å²) in [7, 11) is 0. The number of ether oxygens (including phenoxy) is 4. The van der Waals surface area contributed by atoms with E-state index in [4.69, 9.17) is 18.9 Å². The average Bonchev–Trinajstić information content (AvgIpc) is 2.56. The Hall–Kier alpha value is -0.160. The molecule has 0 aromatic heterocycles. The predicted octanol–water partition coefficient (Wildman–Crippen LogP) is 4.37. The zero-order valence-corrected chi connectivity index (χ0v) is 14.9. The van der Waals surface area contributed by atoms with Gasteiger partial charge in [0, 0.05) is 0 Å². The third kappa shape index (κ3) is 7.09. The highest BCUT2D eigenvalue weighted by molar-refractivity contribution is 4.84. The fourth-order valence-corrected chi connectivity index (χ4v) is 2.23. The van der Waals surface area contributed by atoms with Crippen LogP contribution < -0.4 is 0 Å². The van der Waals surface area contributed by atoms with Gasteiger partial charge in [0.15, 0.2) is 12.6 Å². The molecule has 4 nitrogen and oxygen atoms in total. The van der Waals surface area contributed by atoms with Crippen LogP contribution in [0.5, 0.6) is 0 Å². The highest BCUT2D eigenvalue weighted by Gasteiger charge is 2.41. The van der Waals surface area contributed by atoms with Crippen molar-refractivity contribution in [2.24, 2.45) is 5.41 Å². The lowest BCUT2D eigenvalue weighted by atomic mass is 9.90. The Labute approximate surface area is 131 Å². The van der Waals surface area contributed by atoms with Gasteiger partial charge in [0.2, 0.25) is 0 Å². The molecule has 0 N–H and O–H groups in total. The first kappa shape index (κ1) is 20.8. The first-order chi connectivity index (χ1) is 10.3. The minimum Gasteiger partial charge on any atom is -0.352 e. The maximum atomic E-state index is 5.72. The van der Waals surface area contributed by atoms with Gasteiger partial charge < -0.3 is 18.9 Å². The molecule has 2 heterocycles. The Kier molecular flexibility index (Phi) is 12.3. The van der Waals surface area contributed by atoms with Crippen molar-refractivity contribution in [3.8, 4) is 0 Å². The molecule has 0 atom stereocenters. The van der Waals surface area contributed by atoms with Crippen molar-refractivity contribution in [1.29, 1.82) is 0 Å². The van der Waals surface area contributed by atoms with Crippen LogP contribution in [0.25, 0.3) is 0 Å². The predicted molar refractivity (Wildman–Crippen MR) is 86.3 cm³/mol. The monoisotopic (exact) mass is 304 g/mol. The Bertz CT molecular complexity index is 189. The van der Waals surface area contributed by atoms with Gasteiger partial charge in [-0.2, -0.15) is 0 Å². The first-order valence-corrected chi connectivity index (χ1v) is 8.74. The molecule has 1 spiro atoms. The lowest BCUT2D eigenvalue weighted by Crippen LogP contribution is -2.52. The van der Waals surface area contributed by atoms with Crippen molar-refractivity contribution in [3.05, 3.63) is 0 Å². The van der Waals surface area contributed by atoms with Gasteiger partial charge in [0.1, 0.15) is 0 Å². The van der Waals surface area contributed by atoms with Crippen molar-refractivity contribution in [2.45, 2.75) is 79.8 Å². The highest BCUT2D eigenvalue weighted by atomic mass is 16.7. The zero-order chi connectivity index (χ0) is 16.1. The third-order valence-corrected chi connectivity index (χ3v) is 3.35. The molecule has 0 unspecified atom stereocenters. The quantitative estimate of drug-likeness (QED) is 0.773. The second kappa shape index (κ2) is 12.4. The normalized spacial score (nSPS) is 31.7. The van der Waals surface area contributed by atoms with E-state index >= 15 is 0 Å². The van der Waals surface area contributed by atoms with Gasteiger partial charge in [0.05, 0.1) is 31.8 Å². The molecule has 0 saturated carbocycles. The fourth-order valence-electron chi connectivity index (χ4n) is 2.23. The van der Waals surface area contributed by atoms with Gasteiger partial charge in [-0.15, -0.1) is 0 Å². The Morgan fingerprint density at radius 3 is 1.19 bits per heavy atom. The summed E-state index contributed by atoms with van der Waals surface area (Å²) in [6.45, 7) is 15.0. The van der Waals surface area contributed by atoms with Crippen LogP contribution in [-0.2, 0) is 18.9 Å². The molecule has 0 aromatic rings. The molecule has 21 heavy (non-hydrogen) atoms. The molecular formula is C17H36O4. The molecule has 2 rings (SSSR count). The standard InChI is InChI=1S/C13H24O4.2C2H6/c1-3-5-11-14-7-13(8-15-11)9-16-12(6-4-2)17-10-13;2*1-2/h11-12H,3-10H2,1-2H3;2*1-2H3. The van der Waals surface area contributed by atoms with E-state index in [1.165, 1.54) is 0 Å². The Morgan fingerprint density at radius 2 is 0.952 bits per heavy atom. The maximum Gasteiger partial charge on any atom is 0.157 e. The van der Waals surface area contributed by atoms with Crippen LogP contribution in [0.2, 0.25) is 0 Å². The van der Waals surface area contributed by atoms with Crippen LogP contribution in [0.1, 0.15) is 67.2 Å². The van der Waals surface area contributed by atoms with Gasteiger partial charge in [-0.25, -0.2) is 0 Å². The molecule has 0 amide bonds. The van der Waals surface area contributed by atoms with E-state index in [0.29, 0.717) is 26.4 Å². The molecule has 2 aliphatic heterocycles. The van der Waals surface area contributed by atoms with Crippen molar-refractivity contribution in [1.82, 2.24) is 0 Å². The van der Waals surface area contributed by atoms with Gasteiger partial charge in [0.25, 0.3) is 0 Å².